The number of hydrogen-bond acceptors (Lipinski definition) is 4. The molecule has 3 rings (SSSR count). The Morgan fingerprint density at radius 2 is 2.04 bits per heavy atom. The van der Waals surface area contributed by atoms with Crippen LogP contribution in [0.3, 0.4) is 0 Å². The molecule has 5 heteroatoms. The minimum Gasteiger partial charge on any atom is -0.381 e. The Morgan fingerprint density at radius 3 is 2.72 bits per heavy atom. The summed E-state index contributed by atoms with van der Waals surface area (Å²) in [7, 11) is 1.75. The van der Waals surface area contributed by atoms with E-state index >= 15 is 0 Å². The van der Waals surface area contributed by atoms with Crippen LogP contribution in [0.2, 0.25) is 0 Å². The summed E-state index contributed by atoms with van der Waals surface area (Å²) in [5, 5.41) is 11.1. The first-order valence-corrected chi connectivity index (χ1v) is 9.32. The van der Waals surface area contributed by atoms with E-state index in [9.17, 15) is 9.90 Å². The van der Waals surface area contributed by atoms with E-state index < -0.39 is 5.60 Å². The van der Waals surface area contributed by atoms with Crippen molar-refractivity contribution in [2.75, 3.05) is 33.3 Å². The van der Waals surface area contributed by atoms with Crippen LogP contribution in [0.4, 0.5) is 0 Å². The lowest BCUT2D eigenvalue weighted by molar-refractivity contribution is -0.161. The second-order valence-corrected chi connectivity index (χ2v) is 7.56. The number of aryl methyl sites for hydroxylation is 1. The van der Waals surface area contributed by atoms with Crippen LogP contribution in [0.15, 0.2) is 24.3 Å². The number of nitrogens with zero attached hydrogens (tertiary/aromatic N) is 2. The van der Waals surface area contributed by atoms with Crippen molar-refractivity contribution in [3.8, 4) is 0 Å². The van der Waals surface area contributed by atoms with Gasteiger partial charge in [0.2, 0.25) is 0 Å². The third-order valence-corrected chi connectivity index (χ3v) is 5.51. The molecule has 2 saturated heterocycles. The number of β-amino-alcohol motifs (C(OH)–C–C–N with tert-alkyl or cyclic N) is 1. The topological polar surface area (TPSA) is 53.0 Å². The van der Waals surface area contributed by atoms with Crippen molar-refractivity contribution in [1.29, 1.82) is 0 Å². The van der Waals surface area contributed by atoms with Crippen LogP contribution in [0.1, 0.15) is 36.8 Å². The first kappa shape index (κ1) is 18.4. The highest BCUT2D eigenvalue weighted by Crippen LogP contribution is 2.27. The van der Waals surface area contributed by atoms with Gasteiger partial charge >= 0.3 is 0 Å². The average Bonchev–Trinajstić information content (AvgIpc) is 2.60. The standard InChI is InChI=1S/C20H30N2O3/c1-16-5-3-6-17(13-16)14-22-10-4-9-20(24,19(22)23)15-21-11-7-18(25-2)8-12-21/h3,5-6,13,18,24H,4,7-12,14-15H2,1-2H3. The highest BCUT2D eigenvalue weighted by Gasteiger charge is 2.43. The zero-order chi connectivity index (χ0) is 17.9. The Balaban J connectivity index is 1.62. The van der Waals surface area contributed by atoms with Crippen LogP contribution in [0, 0.1) is 6.92 Å². The number of carbonyl (C=O) groups excluding carboxylic acids is 1. The molecule has 1 N–H and O–H groups in total. The number of carbonyl (C=O) groups is 1. The maximum absolute atomic E-state index is 13.0. The lowest BCUT2D eigenvalue weighted by Crippen LogP contribution is -2.59. The summed E-state index contributed by atoms with van der Waals surface area (Å²) in [4.78, 5) is 17.0. The van der Waals surface area contributed by atoms with Crippen LogP contribution >= 0.6 is 0 Å². The van der Waals surface area contributed by atoms with E-state index in [-0.39, 0.29) is 5.91 Å². The molecule has 0 saturated carbocycles. The van der Waals surface area contributed by atoms with E-state index in [1.807, 2.05) is 17.0 Å². The molecule has 2 heterocycles. The third kappa shape index (κ3) is 4.40. The van der Waals surface area contributed by atoms with Gasteiger partial charge in [-0.05, 0) is 38.2 Å². The van der Waals surface area contributed by atoms with Crippen molar-refractivity contribution >= 4 is 5.91 Å². The van der Waals surface area contributed by atoms with Gasteiger partial charge in [0.15, 0.2) is 5.60 Å². The number of piperidine rings is 2. The van der Waals surface area contributed by atoms with Gasteiger partial charge < -0.3 is 14.7 Å². The largest absolute Gasteiger partial charge is 0.381 e. The number of methoxy groups -OCH3 is 1. The van der Waals surface area contributed by atoms with E-state index in [0.717, 1.165) is 44.5 Å². The molecule has 2 fully saturated rings. The summed E-state index contributed by atoms with van der Waals surface area (Å²) in [5.74, 6) is -0.117. The number of likely N-dealkylation sites (tertiary alicyclic amines) is 2. The predicted molar refractivity (Wildman–Crippen MR) is 97.3 cm³/mol. The number of benzene rings is 1. The van der Waals surface area contributed by atoms with Crippen molar-refractivity contribution in [3.05, 3.63) is 35.4 Å². The van der Waals surface area contributed by atoms with Gasteiger partial charge in [-0.3, -0.25) is 9.69 Å². The second kappa shape index (κ2) is 7.85. The van der Waals surface area contributed by atoms with E-state index in [2.05, 4.69) is 24.0 Å². The molecule has 1 amide bonds. The molecule has 0 radical (unpaired) electrons. The molecule has 1 unspecified atom stereocenters. The van der Waals surface area contributed by atoms with Gasteiger partial charge in [-0.15, -0.1) is 0 Å². The minimum absolute atomic E-state index is 0.117. The Bertz CT molecular complexity index is 598. The number of rotatable bonds is 5. The molecule has 2 aliphatic heterocycles. The van der Waals surface area contributed by atoms with Gasteiger partial charge in [0.25, 0.3) is 5.91 Å². The van der Waals surface area contributed by atoms with Gasteiger partial charge in [0, 0.05) is 39.8 Å². The molecule has 0 bridgehead atoms. The molecule has 0 spiro atoms. The zero-order valence-corrected chi connectivity index (χ0v) is 15.4. The van der Waals surface area contributed by atoms with E-state index in [1.54, 1.807) is 7.11 Å². The van der Waals surface area contributed by atoms with Crippen LogP contribution in [-0.2, 0) is 16.1 Å². The Labute approximate surface area is 150 Å². The predicted octanol–water partition coefficient (Wildman–Crippen LogP) is 1.96. The first-order chi connectivity index (χ1) is 12.0. The molecule has 1 aromatic rings. The van der Waals surface area contributed by atoms with Gasteiger partial charge in [-0.25, -0.2) is 0 Å². The number of aliphatic hydroxyl groups is 1. The minimum atomic E-state index is -1.25. The lowest BCUT2D eigenvalue weighted by Gasteiger charge is -2.42. The molecule has 5 nitrogen and oxygen atoms in total. The number of amides is 1. The smallest absolute Gasteiger partial charge is 0.256 e. The summed E-state index contributed by atoms with van der Waals surface area (Å²) in [6.07, 6.45) is 3.65. The number of ether oxygens (including phenoxy) is 1. The quantitative estimate of drug-likeness (QED) is 0.886. The normalized spacial score (nSPS) is 26.2. The van der Waals surface area contributed by atoms with Crippen molar-refractivity contribution in [1.82, 2.24) is 9.80 Å². The molecule has 1 aromatic carbocycles. The fourth-order valence-electron chi connectivity index (χ4n) is 4.07. The van der Waals surface area contributed by atoms with E-state index in [4.69, 9.17) is 4.74 Å². The molecule has 25 heavy (non-hydrogen) atoms. The van der Waals surface area contributed by atoms with E-state index in [0.29, 0.717) is 25.6 Å². The van der Waals surface area contributed by atoms with Crippen molar-refractivity contribution < 1.29 is 14.6 Å². The molecule has 138 valence electrons. The molecule has 2 aliphatic rings. The van der Waals surface area contributed by atoms with Crippen molar-refractivity contribution in [3.63, 3.8) is 0 Å². The Morgan fingerprint density at radius 1 is 1.28 bits per heavy atom. The summed E-state index contributed by atoms with van der Waals surface area (Å²) >= 11 is 0. The number of hydrogen-bond donors (Lipinski definition) is 1. The molecule has 0 aliphatic carbocycles. The summed E-state index contributed by atoms with van der Waals surface area (Å²) in [6, 6.07) is 8.23. The third-order valence-electron chi connectivity index (χ3n) is 5.51. The fourth-order valence-corrected chi connectivity index (χ4v) is 4.07. The van der Waals surface area contributed by atoms with Crippen LogP contribution in [0.25, 0.3) is 0 Å². The lowest BCUT2D eigenvalue weighted by atomic mass is 9.90. The van der Waals surface area contributed by atoms with Gasteiger partial charge in [-0.2, -0.15) is 0 Å². The van der Waals surface area contributed by atoms with E-state index in [1.165, 1.54) is 5.56 Å². The van der Waals surface area contributed by atoms with Gasteiger partial charge in [-0.1, -0.05) is 29.8 Å². The fraction of sp³-hybridized carbons (Fsp3) is 0.650. The molecular weight excluding hydrogens is 316 g/mol. The van der Waals surface area contributed by atoms with Crippen LogP contribution in [0.5, 0.6) is 0 Å². The highest BCUT2D eigenvalue weighted by atomic mass is 16.5. The van der Waals surface area contributed by atoms with Crippen molar-refractivity contribution in [2.45, 2.75) is 50.9 Å². The Hall–Kier alpha value is -1.43. The molecular formula is C20H30N2O3. The summed E-state index contributed by atoms with van der Waals surface area (Å²) in [5.41, 5.74) is 1.07. The van der Waals surface area contributed by atoms with Gasteiger partial charge in [0.05, 0.1) is 6.10 Å². The van der Waals surface area contributed by atoms with Gasteiger partial charge in [0.1, 0.15) is 0 Å². The summed E-state index contributed by atoms with van der Waals surface area (Å²) < 4.78 is 5.40. The zero-order valence-electron chi connectivity index (χ0n) is 15.4. The maximum atomic E-state index is 13.0. The maximum Gasteiger partial charge on any atom is 0.256 e. The monoisotopic (exact) mass is 346 g/mol. The molecule has 0 aromatic heterocycles. The van der Waals surface area contributed by atoms with Crippen LogP contribution in [-0.4, -0.2) is 65.8 Å². The summed E-state index contributed by atoms with van der Waals surface area (Å²) in [6.45, 7) is 5.56. The second-order valence-electron chi connectivity index (χ2n) is 7.56. The Kier molecular flexibility index (Phi) is 5.77. The van der Waals surface area contributed by atoms with Crippen molar-refractivity contribution in [2.24, 2.45) is 0 Å². The SMILES string of the molecule is COC1CCN(CC2(O)CCCN(Cc3cccc(C)c3)C2=O)CC1. The first-order valence-electron chi connectivity index (χ1n) is 9.32. The van der Waals surface area contributed by atoms with Crippen LogP contribution < -0.4 is 0 Å². The average molecular weight is 346 g/mol. The molecule has 1 atom stereocenters. The highest BCUT2D eigenvalue weighted by molar-refractivity contribution is 5.86.